The quantitative estimate of drug-likeness (QED) is 0.722. The van der Waals surface area contributed by atoms with Crippen molar-refractivity contribution in [1.82, 2.24) is 0 Å². The fraction of sp³-hybridized carbons (Fsp3) is 0.647. The molecule has 2 bridgehead atoms. The van der Waals surface area contributed by atoms with E-state index in [-0.39, 0.29) is 22.7 Å². The minimum Gasteiger partial charge on any atom is -0.299 e. The summed E-state index contributed by atoms with van der Waals surface area (Å²) in [4.78, 5) is 26.0. The van der Waals surface area contributed by atoms with Crippen LogP contribution < -0.4 is 0 Å². The van der Waals surface area contributed by atoms with Crippen LogP contribution in [0.25, 0.3) is 0 Å². The van der Waals surface area contributed by atoms with Gasteiger partial charge in [-0.25, -0.2) is 0 Å². The van der Waals surface area contributed by atoms with Crippen LogP contribution in [0, 0.1) is 46.3 Å². The van der Waals surface area contributed by atoms with E-state index in [1.54, 1.807) is 0 Å². The highest BCUT2D eigenvalue weighted by Crippen LogP contribution is 2.89. The first kappa shape index (κ1) is 10.6. The lowest BCUT2D eigenvalue weighted by molar-refractivity contribution is -0.163. The molecule has 0 saturated heterocycles. The van der Waals surface area contributed by atoms with E-state index < -0.39 is 0 Å². The number of rotatable bonds is 4. The molecule has 19 heavy (non-hydrogen) atoms. The normalized spacial score (nSPS) is 61.9. The van der Waals surface area contributed by atoms with E-state index in [9.17, 15) is 9.59 Å². The predicted octanol–water partition coefficient (Wildman–Crippen LogP) is 2.40. The number of ketones is 2. The Labute approximate surface area is 112 Å². The lowest BCUT2D eigenvalue weighted by Crippen LogP contribution is -2.59. The summed E-state index contributed by atoms with van der Waals surface area (Å²) in [5, 5.41) is 0. The second kappa shape index (κ2) is 2.65. The third-order valence-electron chi connectivity index (χ3n) is 7.49. The fourth-order valence-corrected chi connectivity index (χ4v) is 7.53. The molecule has 0 aromatic heterocycles. The average Bonchev–Trinajstić information content (AvgIpc) is 2.89. The molecule has 0 amide bonds. The van der Waals surface area contributed by atoms with Crippen LogP contribution in [0.4, 0.5) is 0 Å². The molecule has 2 heteroatoms. The Hall–Kier alpha value is -1.18. The Morgan fingerprint density at radius 2 is 1.68 bits per heavy atom. The van der Waals surface area contributed by atoms with Crippen LogP contribution in [-0.2, 0) is 9.59 Å². The van der Waals surface area contributed by atoms with Gasteiger partial charge in [-0.1, -0.05) is 12.2 Å². The van der Waals surface area contributed by atoms with Gasteiger partial charge >= 0.3 is 0 Å². The number of carbonyl (C=O) groups excluding carboxylic acids is 2. The number of Topliss-reactive ketones (excluding diaryl/α,β-unsaturated/α-hetero) is 2. The molecular formula is C17H18O2. The van der Waals surface area contributed by atoms with E-state index in [1.807, 2.05) is 12.2 Å². The van der Waals surface area contributed by atoms with Crippen molar-refractivity contribution >= 4 is 11.6 Å². The smallest absolute Gasteiger partial charge is 0.144 e. The maximum atomic E-state index is 13.0. The van der Waals surface area contributed by atoms with Crippen LogP contribution in [0.3, 0.4) is 0 Å². The van der Waals surface area contributed by atoms with Crippen LogP contribution in [0.2, 0.25) is 0 Å². The van der Waals surface area contributed by atoms with Crippen LogP contribution in [0.15, 0.2) is 25.3 Å². The van der Waals surface area contributed by atoms with Crippen molar-refractivity contribution in [3.8, 4) is 0 Å². The van der Waals surface area contributed by atoms with Crippen molar-refractivity contribution in [1.29, 1.82) is 0 Å². The molecule has 8 unspecified atom stereocenters. The predicted molar refractivity (Wildman–Crippen MR) is 70.1 cm³/mol. The van der Waals surface area contributed by atoms with Crippen molar-refractivity contribution in [2.75, 3.05) is 0 Å². The van der Waals surface area contributed by atoms with Crippen molar-refractivity contribution < 1.29 is 9.59 Å². The lowest BCUT2D eigenvalue weighted by Gasteiger charge is -2.53. The summed E-state index contributed by atoms with van der Waals surface area (Å²) in [6.07, 6.45) is 6.33. The molecule has 0 heterocycles. The topological polar surface area (TPSA) is 34.1 Å². The van der Waals surface area contributed by atoms with Crippen molar-refractivity contribution in [3.05, 3.63) is 25.3 Å². The van der Waals surface area contributed by atoms with Gasteiger partial charge in [-0.15, -0.1) is 13.2 Å². The second-order valence-electron chi connectivity index (χ2n) is 7.36. The highest BCUT2D eigenvalue weighted by atomic mass is 16.2. The maximum Gasteiger partial charge on any atom is 0.144 e. The molecule has 0 spiro atoms. The van der Waals surface area contributed by atoms with E-state index in [1.165, 1.54) is 0 Å². The molecule has 0 N–H and O–H groups in total. The maximum absolute atomic E-state index is 13.0. The van der Waals surface area contributed by atoms with E-state index in [4.69, 9.17) is 0 Å². The summed E-state index contributed by atoms with van der Waals surface area (Å²) in [7, 11) is 0. The van der Waals surface area contributed by atoms with Gasteiger partial charge in [-0.05, 0) is 42.9 Å². The Morgan fingerprint density at radius 1 is 1.05 bits per heavy atom. The Bertz CT molecular complexity index is 570. The largest absolute Gasteiger partial charge is 0.299 e. The second-order valence-corrected chi connectivity index (χ2v) is 7.36. The number of carbonyl (C=O) groups is 2. The first-order chi connectivity index (χ1) is 9.16. The summed E-state index contributed by atoms with van der Waals surface area (Å²) in [5.74, 6) is 2.95. The van der Waals surface area contributed by atoms with Gasteiger partial charge in [0.2, 0.25) is 0 Å². The van der Waals surface area contributed by atoms with Gasteiger partial charge in [0, 0.05) is 22.7 Å². The molecule has 98 valence electrons. The Kier molecular flexibility index (Phi) is 1.48. The molecular weight excluding hydrogens is 236 g/mol. The summed E-state index contributed by atoms with van der Waals surface area (Å²) < 4.78 is 0. The van der Waals surface area contributed by atoms with Crippen LogP contribution in [0.1, 0.15) is 19.3 Å². The Balaban J connectivity index is 1.77. The third kappa shape index (κ3) is 0.660. The molecule has 0 aromatic carbocycles. The van der Waals surface area contributed by atoms with E-state index in [0.29, 0.717) is 35.2 Å². The van der Waals surface area contributed by atoms with Crippen molar-refractivity contribution in [2.45, 2.75) is 19.3 Å². The summed E-state index contributed by atoms with van der Waals surface area (Å²) in [6.45, 7) is 7.68. The molecule has 0 aromatic rings. The minimum atomic E-state index is -0.323. The lowest BCUT2D eigenvalue weighted by atomic mass is 9.47. The van der Waals surface area contributed by atoms with E-state index in [0.717, 1.165) is 19.3 Å². The van der Waals surface area contributed by atoms with Gasteiger partial charge in [0.05, 0.1) is 0 Å². The zero-order chi connectivity index (χ0) is 13.2. The zero-order valence-corrected chi connectivity index (χ0v) is 11.0. The third-order valence-corrected chi connectivity index (χ3v) is 7.49. The van der Waals surface area contributed by atoms with Crippen LogP contribution >= 0.6 is 0 Å². The monoisotopic (exact) mass is 254 g/mol. The number of hydrogen-bond donors (Lipinski definition) is 0. The number of allylic oxidation sites excluding steroid dienone is 2. The average molecular weight is 254 g/mol. The highest BCUT2D eigenvalue weighted by Gasteiger charge is 2.93. The first-order valence-electron chi connectivity index (χ1n) is 7.46. The molecule has 0 aliphatic heterocycles. The van der Waals surface area contributed by atoms with Crippen molar-refractivity contribution in [2.24, 2.45) is 46.3 Å². The van der Waals surface area contributed by atoms with Gasteiger partial charge < -0.3 is 0 Å². The minimum absolute atomic E-state index is 0.0305. The molecule has 5 rings (SSSR count). The fourth-order valence-electron chi connectivity index (χ4n) is 7.53. The molecule has 2 nitrogen and oxygen atoms in total. The van der Waals surface area contributed by atoms with Gasteiger partial charge in [0.25, 0.3) is 0 Å². The molecule has 5 saturated carbocycles. The molecule has 0 radical (unpaired) electrons. The van der Waals surface area contributed by atoms with Gasteiger partial charge in [-0.3, -0.25) is 9.59 Å². The first-order valence-corrected chi connectivity index (χ1v) is 7.46. The molecule has 5 aliphatic carbocycles. The number of hydrogen-bond acceptors (Lipinski definition) is 2. The number of fused-ring (bicyclic) bond motifs is 2. The van der Waals surface area contributed by atoms with E-state index in [2.05, 4.69) is 13.2 Å². The Morgan fingerprint density at radius 3 is 2.37 bits per heavy atom. The summed E-state index contributed by atoms with van der Waals surface area (Å²) >= 11 is 0. The summed E-state index contributed by atoms with van der Waals surface area (Å²) in [6, 6.07) is 0. The van der Waals surface area contributed by atoms with Crippen molar-refractivity contribution in [3.63, 3.8) is 0 Å². The van der Waals surface area contributed by atoms with Crippen LogP contribution in [-0.4, -0.2) is 11.6 Å². The molecule has 8 atom stereocenters. The highest BCUT2D eigenvalue weighted by molar-refractivity contribution is 6.11. The van der Waals surface area contributed by atoms with Crippen LogP contribution in [0.5, 0.6) is 0 Å². The van der Waals surface area contributed by atoms with E-state index >= 15 is 0 Å². The molecule has 5 aliphatic rings. The standard InChI is InChI=1S/C17H18O2/c1-3-5-16-9-7-8-11-10(9)13(15(16)19)17(11,6-4-2)14(18)12(8)16/h3-4,8-13H,1-2,5-7H2. The SMILES string of the molecule is C=CCC12C(=O)C3C4C1CC1C2C(=O)C3(CC=C)C14. The molecule has 5 fully saturated rings. The van der Waals surface area contributed by atoms with Gasteiger partial charge in [0.1, 0.15) is 11.6 Å². The summed E-state index contributed by atoms with van der Waals surface area (Å²) in [5.41, 5.74) is -0.634. The van der Waals surface area contributed by atoms with Gasteiger partial charge in [-0.2, -0.15) is 0 Å². The zero-order valence-electron chi connectivity index (χ0n) is 11.0. The van der Waals surface area contributed by atoms with Gasteiger partial charge in [0.15, 0.2) is 0 Å².